The van der Waals surface area contributed by atoms with E-state index in [1.807, 2.05) is 71.0 Å². The Hall–Kier alpha value is -3.60. The molecule has 334 valence electrons. The molecule has 0 saturated heterocycles. The highest BCUT2D eigenvalue weighted by Gasteiger charge is 2.45. The molecular weight excluding hydrogens is 887 g/mol. The summed E-state index contributed by atoms with van der Waals surface area (Å²) >= 11 is 2.15. The summed E-state index contributed by atoms with van der Waals surface area (Å²) in [7, 11) is 6.03. The number of likely N-dealkylation sites (N-methyl/N-ethyl adjacent to an activating group) is 2. The van der Waals surface area contributed by atoms with Crippen LogP contribution in [0.5, 0.6) is 0 Å². The van der Waals surface area contributed by atoms with Crippen LogP contribution in [0.25, 0.3) is 0 Å². The Kier molecular flexibility index (Phi) is 26.3. The number of nitrogens with one attached hydrogen (secondary N) is 2. The van der Waals surface area contributed by atoms with E-state index < -0.39 is 53.0 Å². The zero-order valence-corrected chi connectivity index (χ0v) is 40.6. The van der Waals surface area contributed by atoms with Gasteiger partial charge in [0, 0.05) is 37.4 Å². The Labute approximate surface area is 370 Å². The number of carbonyl (C=O) groups is 6. The van der Waals surface area contributed by atoms with Crippen molar-refractivity contribution in [2.24, 2.45) is 10.8 Å². The number of rotatable bonds is 16. The Morgan fingerprint density at radius 3 is 2.19 bits per heavy atom. The fraction of sp³-hybridized carbons (Fsp3) is 0.636. The number of nitrogens with zero attached hydrogens (tertiary/aromatic N) is 2. The molecule has 0 spiro atoms. The van der Waals surface area contributed by atoms with E-state index in [1.165, 1.54) is 23.3 Å². The summed E-state index contributed by atoms with van der Waals surface area (Å²) in [5, 5.41) is 5.16. The summed E-state index contributed by atoms with van der Waals surface area (Å²) in [5.74, 6) is -0.977. The van der Waals surface area contributed by atoms with Crippen LogP contribution in [0.2, 0.25) is 0 Å². The number of halogens is 1. The molecule has 15 heteroatoms. The predicted molar refractivity (Wildman–Crippen MR) is 245 cm³/mol. The fourth-order valence-corrected chi connectivity index (χ4v) is 6.61. The number of hydrogen-bond donors (Lipinski definition) is 2. The van der Waals surface area contributed by atoms with Gasteiger partial charge in [-0.15, -0.1) is 0 Å². The monoisotopic (exact) mass is 958 g/mol. The van der Waals surface area contributed by atoms with E-state index >= 15 is 0 Å². The summed E-state index contributed by atoms with van der Waals surface area (Å²) in [5.41, 5.74) is -0.126. The molecule has 0 radical (unpaired) electrons. The van der Waals surface area contributed by atoms with E-state index in [9.17, 15) is 28.8 Å². The molecule has 0 fully saturated rings. The molecule has 0 saturated carbocycles. The van der Waals surface area contributed by atoms with Crippen LogP contribution in [0.15, 0.2) is 54.1 Å². The summed E-state index contributed by atoms with van der Waals surface area (Å²) in [6, 6.07) is 7.62. The highest BCUT2D eigenvalue weighted by Crippen LogP contribution is 2.34. The second kappa shape index (κ2) is 28.0. The zero-order chi connectivity index (χ0) is 45.4. The van der Waals surface area contributed by atoms with Crippen molar-refractivity contribution >= 4 is 66.4 Å². The lowest BCUT2D eigenvalue weighted by atomic mass is 9.76. The zero-order valence-electron chi connectivity index (χ0n) is 37.6. The van der Waals surface area contributed by atoms with Crippen molar-refractivity contribution in [2.75, 3.05) is 46.7 Å². The minimum absolute atomic E-state index is 0.0556. The van der Waals surface area contributed by atoms with Gasteiger partial charge in [0.1, 0.15) is 31.3 Å². The summed E-state index contributed by atoms with van der Waals surface area (Å²) in [6.07, 6.45) is 9.93. The van der Waals surface area contributed by atoms with Gasteiger partial charge in [-0.25, -0.2) is 9.59 Å². The Morgan fingerprint density at radius 1 is 1.03 bits per heavy atom. The molecule has 1 aliphatic rings. The molecule has 1 aromatic carbocycles. The molecule has 0 heterocycles. The largest absolute Gasteiger partial charge is 0.468 e. The third kappa shape index (κ3) is 21.0. The first-order valence-corrected chi connectivity index (χ1v) is 23.6. The molecule has 2 unspecified atom stereocenters. The average molecular weight is 959 g/mol. The van der Waals surface area contributed by atoms with Crippen molar-refractivity contribution in [1.29, 1.82) is 0 Å². The van der Waals surface area contributed by atoms with Crippen molar-refractivity contribution < 1.29 is 43.0 Å². The number of hydrogen-bond acceptors (Lipinski definition) is 10. The molecule has 13 nitrogen and oxygen atoms in total. The second-order valence-corrected chi connectivity index (χ2v) is 19.3. The van der Waals surface area contributed by atoms with Crippen LogP contribution in [-0.2, 0) is 43.6 Å². The van der Waals surface area contributed by atoms with Crippen molar-refractivity contribution in [3.8, 4) is 0 Å². The first-order chi connectivity index (χ1) is 27.5. The van der Waals surface area contributed by atoms with E-state index in [1.54, 1.807) is 36.0 Å². The van der Waals surface area contributed by atoms with Crippen molar-refractivity contribution in [1.82, 2.24) is 20.4 Å². The van der Waals surface area contributed by atoms with E-state index in [0.29, 0.717) is 30.8 Å². The quantitative estimate of drug-likeness (QED) is 0.0318. The third-order valence-corrected chi connectivity index (χ3v) is 11.2. The van der Waals surface area contributed by atoms with Gasteiger partial charge in [0.2, 0.25) is 18.2 Å². The SMILES string of the molecule is C/C(=C\CN(C)C(=O)C(NC(=O)C(N(C)C(=O)O[C@H]1/C=C/CCC(C)(C)CC1)C(C)(C)c1ccccc1)C(C)(C)C)C(=O)OCCSI.CCC.COC(=O)CNC=O. The first kappa shape index (κ1) is 55.4. The molecule has 2 rings (SSSR count). The maximum absolute atomic E-state index is 14.4. The van der Waals surface area contributed by atoms with Gasteiger partial charge in [0.05, 0.1) is 7.11 Å². The molecule has 0 aromatic heterocycles. The van der Waals surface area contributed by atoms with Crippen LogP contribution in [0.4, 0.5) is 4.79 Å². The summed E-state index contributed by atoms with van der Waals surface area (Å²) in [4.78, 5) is 76.9. The normalized spacial score (nSPS) is 16.6. The Bertz CT molecular complexity index is 1530. The van der Waals surface area contributed by atoms with Gasteiger partial charge in [-0.1, -0.05) is 120 Å². The van der Waals surface area contributed by atoms with E-state index in [2.05, 4.69) is 70.3 Å². The topological polar surface area (TPSA) is 161 Å². The van der Waals surface area contributed by atoms with Crippen LogP contribution < -0.4 is 10.6 Å². The molecule has 2 N–H and O–H groups in total. The molecule has 59 heavy (non-hydrogen) atoms. The van der Waals surface area contributed by atoms with Crippen LogP contribution in [0.1, 0.15) is 107 Å². The number of esters is 2. The molecule has 0 bridgehead atoms. The highest BCUT2D eigenvalue weighted by molar-refractivity contribution is 14.2. The number of amides is 4. The second-order valence-electron chi connectivity index (χ2n) is 16.8. The van der Waals surface area contributed by atoms with Crippen LogP contribution in [0, 0.1) is 10.8 Å². The first-order valence-electron chi connectivity index (χ1n) is 20.1. The van der Waals surface area contributed by atoms with Crippen molar-refractivity contribution in [2.45, 2.75) is 125 Å². The lowest BCUT2D eigenvalue weighted by molar-refractivity contribution is -0.140. The average Bonchev–Trinajstić information content (AvgIpc) is 3.17. The third-order valence-electron chi connectivity index (χ3n) is 9.54. The lowest BCUT2D eigenvalue weighted by Crippen LogP contribution is -2.62. The Balaban J connectivity index is 0.00000268. The standard InChI is InChI=1S/C37H56IN3O6S.C4H7NO3.C3H8/c1-26(33(44)46-24-25-48-38)20-23-40(9)32(43)29(35(2,3)4)39-31(42)30(37(7,8)27-16-12-11-13-17-27)41(10)34(45)47-28-18-14-15-21-36(5,6)22-19-28;1-8-4(7)2-5-3-6;1-3-2/h11-14,16-18,20,28-30H,15,19,21-25H2,1-10H3,(H,39,42);3H,2H2,1H3,(H,5,6);3H2,1-2H3/b18-14+,26-20+;;/t28-,29?,30?;;/m0../s1. The lowest BCUT2D eigenvalue weighted by Gasteiger charge is -2.41. The van der Waals surface area contributed by atoms with Gasteiger partial charge in [0.15, 0.2) is 0 Å². The van der Waals surface area contributed by atoms with Gasteiger partial charge in [-0.05, 0) is 76.3 Å². The van der Waals surface area contributed by atoms with Gasteiger partial charge in [-0.2, -0.15) is 0 Å². The predicted octanol–water partition coefficient (Wildman–Crippen LogP) is 7.81. The maximum atomic E-state index is 14.4. The fourth-order valence-electron chi connectivity index (χ4n) is 5.92. The van der Waals surface area contributed by atoms with E-state index in [4.69, 9.17) is 9.47 Å². The minimum atomic E-state index is -1.01. The van der Waals surface area contributed by atoms with Gasteiger partial charge in [-0.3, -0.25) is 24.1 Å². The smallest absolute Gasteiger partial charge is 0.410 e. The van der Waals surface area contributed by atoms with E-state index in [0.717, 1.165) is 24.8 Å². The Morgan fingerprint density at radius 2 is 1.64 bits per heavy atom. The molecule has 4 amide bonds. The maximum Gasteiger partial charge on any atom is 0.410 e. The number of allylic oxidation sites excluding steroid dienone is 1. The summed E-state index contributed by atoms with van der Waals surface area (Å²) < 4.78 is 15.5. The van der Waals surface area contributed by atoms with Crippen LogP contribution in [-0.4, -0.2) is 111 Å². The molecule has 1 aliphatic carbocycles. The van der Waals surface area contributed by atoms with Gasteiger partial charge < -0.3 is 29.7 Å². The molecular formula is C44H71IN4O9S. The number of benzene rings is 1. The van der Waals surface area contributed by atoms with E-state index in [-0.39, 0.29) is 24.4 Å². The minimum Gasteiger partial charge on any atom is -0.468 e. The van der Waals surface area contributed by atoms with Crippen molar-refractivity contribution in [3.63, 3.8) is 0 Å². The van der Waals surface area contributed by atoms with Gasteiger partial charge >= 0.3 is 18.0 Å². The highest BCUT2D eigenvalue weighted by atomic mass is 127. The number of carbonyl (C=O) groups excluding carboxylic acids is 6. The van der Waals surface area contributed by atoms with Crippen LogP contribution in [0.3, 0.4) is 0 Å². The number of ether oxygens (including phenoxy) is 3. The van der Waals surface area contributed by atoms with Gasteiger partial charge in [0.25, 0.3) is 0 Å². The molecule has 1 aromatic rings. The number of methoxy groups -OCH3 is 1. The van der Waals surface area contributed by atoms with Crippen molar-refractivity contribution in [3.05, 3.63) is 59.7 Å². The summed E-state index contributed by atoms with van der Waals surface area (Å²) in [6.45, 7) is 20.2. The van der Waals surface area contributed by atoms with Crippen LogP contribution >= 0.6 is 30.1 Å². The molecule has 3 atom stereocenters. The molecule has 0 aliphatic heterocycles.